The summed E-state index contributed by atoms with van der Waals surface area (Å²) in [6.45, 7) is 0. The second kappa shape index (κ2) is 3.83. The van der Waals surface area contributed by atoms with E-state index >= 15 is 0 Å². The largest absolute Gasteiger partial charge is 0.481 e. The van der Waals surface area contributed by atoms with E-state index in [1.54, 1.807) is 0 Å². The maximum Gasteiger partial charge on any atom is 0.306 e. The van der Waals surface area contributed by atoms with E-state index in [1.807, 2.05) is 0 Å². The molecule has 2 saturated carbocycles. The molecule has 0 heterocycles. The van der Waals surface area contributed by atoms with Crippen LogP contribution < -0.4 is 0 Å². The van der Waals surface area contributed by atoms with E-state index in [0.717, 1.165) is 12.8 Å². The smallest absolute Gasteiger partial charge is 0.306 e. The van der Waals surface area contributed by atoms with Gasteiger partial charge in [-0.1, -0.05) is 0 Å². The van der Waals surface area contributed by atoms with Gasteiger partial charge in [0.25, 0.3) is 0 Å². The van der Waals surface area contributed by atoms with Crippen molar-refractivity contribution in [1.29, 1.82) is 0 Å². The summed E-state index contributed by atoms with van der Waals surface area (Å²) in [5.74, 6) is -0.779. The monoisotopic (exact) mass is 212 g/mol. The Balaban J connectivity index is 2.03. The summed E-state index contributed by atoms with van der Waals surface area (Å²) in [6, 6.07) is 0. The molecule has 2 bridgehead atoms. The fraction of sp³-hybridized carbons (Fsp3) is 0.818. The van der Waals surface area contributed by atoms with Crippen LogP contribution in [-0.4, -0.2) is 22.2 Å². The molecule has 2 aliphatic rings. The van der Waals surface area contributed by atoms with Crippen LogP contribution in [0.2, 0.25) is 0 Å². The maximum atomic E-state index is 10.9. The van der Waals surface area contributed by atoms with Gasteiger partial charge in [0.15, 0.2) is 0 Å². The number of aliphatic carboxylic acids is 2. The molecule has 0 radical (unpaired) electrons. The van der Waals surface area contributed by atoms with Crippen molar-refractivity contribution in [3.8, 4) is 0 Å². The summed E-state index contributed by atoms with van der Waals surface area (Å²) in [4.78, 5) is 21.6. The molecule has 84 valence electrons. The van der Waals surface area contributed by atoms with E-state index in [9.17, 15) is 9.59 Å². The van der Waals surface area contributed by atoms with Crippen LogP contribution in [0.15, 0.2) is 0 Å². The van der Waals surface area contributed by atoms with Crippen LogP contribution in [0.3, 0.4) is 0 Å². The molecule has 0 amide bonds. The van der Waals surface area contributed by atoms with E-state index in [2.05, 4.69) is 0 Å². The zero-order chi connectivity index (χ0) is 11.0. The molecule has 0 spiro atoms. The van der Waals surface area contributed by atoms with Gasteiger partial charge in [-0.2, -0.15) is 0 Å². The van der Waals surface area contributed by atoms with Gasteiger partial charge in [-0.3, -0.25) is 9.59 Å². The standard InChI is InChI=1S/C11H16O4/c12-10(13)5-9-6-1-2-7(9)4-8(3-6)11(14)15/h6-9H,1-5H2,(H,12,13)(H,14,15). The number of carboxylic acids is 2. The maximum absolute atomic E-state index is 10.9. The van der Waals surface area contributed by atoms with Crippen LogP contribution in [0.25, 0.3) is 0 Å². The zero-order valence-corrected chi connectivity index (χ0v) is 8.56. The lowest BCUT2D eigenvalue weighted by molar-refractivity contribution is -0.144. The summed E-state index contributed by atoms with van der Waals surface area (Å²) >= 11 is 0. The van der Waals surface area contributed by atoms with Crippen molar-refractivity contribution in [3.05, 3.63) is 0 Å². The van der Waals surface area contributed by atoms with Gasteiger partial charge in [0.1, 0.15) is 0 Å². The average molecular weight is 212 g/mol. The molecule has 0 aromatic rings. The first-order valence-corrected chi connectivity index (χ1v) is 5.52. The molecule has 15 heavy (non-hydrogen) atoms. The highest BCUT2D eigenvalue weighted by Gasteiger charge is 2.45. The normalized spacial score (nSPS) is 38.9. The molecule has 0 aromatic heterocycles. The van der Waals surface area contributed by atoms with Crippen molar-refractivity contribution in [2.24, 2.45) is 23.7 Å². The second-order valence-electron chi connectivity index (χ2n) is 4.87. The Labute approximate surface area is 88.3 Å². The van der Waals surface area contributed by atoms with Gasteiger partial charge in [0.05, 0.1) is 5.92 Å². The molecule has 2 N–H and O–H groups in total. The summed E-state index contributed by atoms with van der Waals surface area (Å²) in [6.07, 6.45) is 3.63. The number of carboxylic acid groups (broad SMARTS) is 2. The summed E-state index contributed by atoms with van der Waals surface area (Å²) in [5.41, 5.74) is 0. The Hall–Kier alpha value is -1.06. The van der Waals surface area contributed by atoms with Crippen LogP contribution >= 0.6 is 0 Å². The highest BCUT2D eigenvalue weighted by molar-refractivity contribution is 5.70. The SMILES string of the molecule is O=C(O)CC1C2CCC1CC(C(=O)O)C2. The van der Waals surface area contributed by atoms with Crippen LogP contribution in [-0.2, 0) is 9.59 Å². The molecule has 0 saturated heterocycles. The minimum atomic E-state index is -0.745. The number of rotatable bonds is 3. The fourth-order valence-electron chi connectivity index (χ4n) is 3.39. The van der Waals surface area contributed by atoms with E-state index < -0.39 is 11.9 Å². The van der Waals surface area contributed by atoms with Gasteiger partial charge in [0.2, 0.25) is 0 Å². The van der Waals surface area contributed by atoms with Gasteiger partial charge >= 0.3 is 11.9 Å². The first-order chi connectivity index (χ1) is 7.08. The topological polar surface area (TPSA) is 74.6 Å². The van der Waals surface area contributed by atoms with Crippen molar-refractivity contribution in [1.82, 2.24) is 0 Å². The molecule has 4 heteroatoms. The van der Waals surface area contributed by atoms with Crippen LogP contribution in [0.5, 0.6) is 0 Å². The number of hydrogen-bond acceptors (Lipinski definition) is 2. The van der Waals surface area contributed by atoms with Gasteiger partial charge < -0.3 is 10.2 Å². The van der Waals surface area contributed by atoms with Crippen molar-refractivity contribution in [2.45, 2.75) is 32.1 Å². The number of hydrogen-bond donors (Lipinski definition) is 2. The second-order valence-corrected chi connectivity index (χ2v) is 4.87. The van der Waals surface area contributed by atoms with Crippen molar-refractivity contribution < 1.29 is 19.8 Å². The third-order valence-electron chi connectivity index (χ3n) is 4.05. The lowest BCUT2D eigenvalue weighted by atomic mass is 9.72. The number of fused-ring (bicyclic) bond motifs is 2. The van der Waals surface area contributed by atoms with E-state index in [1.165, 1.54) is 0 Å². The van der Waals surface area contributed by atoms with Gasteiger partial charge in [-0.05, 0) is 43.4 Å². The molecular weight excluding hydrogens is 196 g/mol. The lowest BCUT2D eigenvalue weighted by Gasteiger charge is -2.32. The van der Waals surface area contributed by atoms with Gasteiger partial charge in [0, 0.05) is 6.42 Å². The third kappa shape index (κ3) is 1.98. The quantitative estimate of drug-likeness (QED) is 0.745. The first-order valence-electron chi connectivity index (χ1n) is 5.52. The predicted octanol–water partition coefficient (Wildman–Crippen LogP) is 1.60. The highest BCUT2D eigenvalue weighted by atomic mass is 16.4. The lowest BCUT2D eigenvalue weighted by Crippen LogP contribution is -2.31. The van der Waals surface area contributed by atoms with Crippen molar-refractivity contribution in [3.63, 3.8) is 0 Å². The minimum Gasteiger partial charge on any atom is -0.481 e. The molecule has 2 unspecified atom stereocenters. The number of carbonyl (C=O) groups is 2. The molecular formula is C11H16O4. The highest BCUT2D eigenvalue weighted by Crippen LogP contribution is 2.50. The zero-order valence-electron chi connectivity index (χ0n) is 8.56. The third-order valence-corrected chi connectivity index (χ3v) is 4.05. The van der Waals surface area contributed by atoms with Gasteiger partial charge in [-0.25, -0.2) is 0 Å². The van der Waals surface area contributed by atoms with Crippen molar-refractivity contribution >= 4 is 11.9 Å². The molecule has 4 nitrogen and oxygen atoms in total. The van der Waals surface area contributed by atoms with E-state index in [-0.39, 0.29) is 18.3 Å². The Morgan fingerprint density at radius 1 is 1.07 bits per heavy atom. The minimum absolute atomic E-state index is 0.224. The Kier molecular flexibility index (Phi) is 2.67. The predicted molar refractivity (Wildman–Crippen MR) is 52.3 cm³/mol. The van der Waals surface area contributed by atoms with E-state index in [4.69, 9.17) is 10.2 Å². The summed E-state index contributed by atoms with van der Waals surface area (Å²) in [5, 5.41) is 17.7. The molecule has 2 atom stereocenters. The average Bonchev–Trinajstić information content (AvgIpc) is 2.40. The molecule has 0 aliphatic heterocycles. The summed E-state index contributed by atoms with van der Waals surface area (Å²) in [7, 11) is 0. The Bertz CT molecular complexity index is 272. The van der Waals surface area contributed by atoms with Crippen LogP contribution in [0.4, 0.5) is 0 Å². The molecule has 2 fully saturated rings. The van der Waals surface area contributed by atoms with Crippen LogP contribution in [0.1, 0.15) is 32.1 Å². The van der Waals surface area contributed by atoms with Gasteiger partial charge in [-0.15, -0.1) is 0 Å². The molecule has 2 aliphatic carbocycles. The van der Waals surface area contributed by atoms with E-state index in [0.29, 0.717) is 24.7 Å². The molecule has 2 rings (SSSR count). The summed E-state index contributed by atoms with van der Waals surface area (Å²) < 4.78 is 0. The molecule has 0 aromatic carbocycles. The van der Waals surface area contributed by atoms with Crippen LogP contribution in [0, 0.1) is 23.7 Å². The Morgan fingerprint density at radius 2 is 1.60 bits per heavy atom. The Morgan fingerprint density at radius 3 is 2.00 bits per heavy atom. The fourth-order valence-corrected chi connectivity index (χ4v) is 3.39. The first kappa shape index (κ1) is 10.5. The van der Waals surface area contributed by atoms with Crippen molar-refractivity contribution in [2.75, 3.05) is 0 Å².